The SMILES string of the molecule is Cl.O=C(NC1CCN(C(=O)c2ccccc2F)CC1)C1CCCNC1. The summed E-state index contributed by atoms with van der Waals surface area (Å²) in [6, 6.07) is 6.17. The van der Waals surface area contributed by atoms with E-state index in [0.717, 1.165) is 25.9 Å². The fourth-order valence-electron chi connectivity index (χ4n) is 3.43. The second-order valence-electron chi connectivity index (χ2n) is 6.60. The number of hydrogen-bond acceptors (Lipinski definition) is 3. The number of nitrogens with zero attached hydrogens (tertiary/aromatic N) is 1. The molecule has 2 aliphatic heterocycles. The number of rotatable bonds is 3. The Balaban J connectivity index is 0.00000225. The molecule has 2 N–H and O–H groups in total. The highest BCUT2D eigenvalue weighted by molar-refractivity contribution is 5.94. The molecule has 138 valence electrons. The van der Waals surface area contributed by atoms with Crippen LogP contribution in [0.1, 0.15) is 36.0 Å². The van der Waals surface area contributed by atoms with Gasteiger partial charge in [-0.25, -0.2) is 4.39 Å². The van der Waals surface area contributed by atoms with Crippen LogP contribution < -0.4 is 10.6 Å². The highest BCUT2D eigenvalue weighted by Gasteiger charge is 2.28. The van der Waals surface area contributed by atoms with Crippen LogP contribution in [0, 0.1) is 11.7 Å². The highest BCUT2D eigenvalue weighted by Crippen LogP contribution is 2.17. The molecule has 0 aliphatic carbocycles. The molecule has 1 aromatic rings. The molecule has 2 aliphatic rings. The van der Waals surface area contributed by atoms with Crippen molar-refractivity contribution in [2.24, 2.45) is 5.92 Å². The predicted molar refractivity (Wildman–Crippen MR) is 96.3 cm³/mol. The molecule has 0 bridgehead atoms. The number of halogens is 2. The van der Waals surface area contributed by atoms with Crippen LogP contribution in [0.15, 0.2) is 24.3 Å². The molecule has 7 heteroatoms. The van der Waals surface area contributed by atoms with Crippen LogP contribution in [0.25, 0.3) is 0 Å². The molecule has 2 fully saturated rings. The molecule has 0 radical (unpaired) electrons. The van der Waals surface area contributed by atoms with Crippen LogP contribution in [-0.4, -0.2) is 48.9 Å². The number of piperidine rings is 2. The molecule has 3 rings (SSSR count). The highest BCUT2D eigenvalue weighted by atomic mass is 35.5. The molecular weight excluding hydrogens is 345 g/mol. The quantitative estimate of drug-likeness (QED) is 0.856. The molecule has 1 aromatic carbocycles. The zero-order chi connectivity index (χ0) is 16.9. The van der Waals surface area contributed by atoms with Gasteiger partial charge in [-0.1, -0.05) is 12.1 Å². The second kappa shape index (κ2) is 9.15. The summed E-state index contributed by atoms with van der Waals surface area (Å²) in [7, 11) is 0. The van der Waals surface area contributed by atoms with Crippen molar-refractivity contribution in [3.63, 3.8) is 0 Å². The number of benzene rings is 1. The van der Waals surface area contributed by atoms with Crippen molar-refractivity contribution in [1.29, 1.82) is 0 Å². The fraction of sp³-hybridized carbons (Fsp3) is 0.556. The van der Waals surface area contributed by atoms with Crippen molar-refractivity contribution < 1.29 is 14.0 Å². The zero-order valence-corrected chi connectivity index (χ0v) is 15.0. The second-order valence-corrected chi connectivity index (χ2v) is 6.60. The maximum Gasteiger partial charge on any atom is 0.256 e. The van der Waals surface area contributed by atoms with Gasteiger partial charge in [-0.2, -0.15) is 0 Å². The molecule has 0 spiro atoms. The molecule has 0 aromatic heterocycles. The average molecular weight is 370 g/mol. The Kier molecular flexibility index (Phi) is 7.20. The van der Waals surface area contributed by atoms with E-state index in [1.807, 2.05) is 0 Å². The normalized spacial score (nSPS) is 21.3. The van der Waals surface area contributed by atoms with Crippen LogP contribution in [0.4, 0.5) is 4.39 Å². The van der Waals surface area contributed by atoms with Gasteiger partial charge in [0.15, 0.2) is 0 Å². The van der Waals surface area contributed by atoms with Crippen LogP contribution in [-0.2, 0) is 4.79 Å². The van der Waals surface area contributed by atoms with E-state index in [4.69, 9.17) is 0 Å². The van der Waals surface area contributed by atoms with E-state index in [-0.39, 0.29) is 41.7 Å². The average Bonchev–Trinajstić information content (AvgIpc) is 2.63. The molecule has 5 nitrogen and oxygen atoms in total. The monoisotopic (exact) mass is 369 g/mol. The lowest BCUT2D eigenvalue weighted by molar-refractivity contribution is -0.126. The predicted octanol–water partition coefficient (Wildman–Crippen LogP) is 1.97. The van der Waals surface area contributed by atoms with Gasteiger partial charge in [-0.15, -0.1) is 12.4 Å². The standard InChI is InChI=1S/C18H24FN3O2.ClH/c19-16-6-2-1-5-15(16)18(24)22-10-7-14(8-11-22)21-17(23)13-4-3-9-20-12-13;/h1-2,5-6,13-14,20H,3-4,7-12H2,(H,21,23);1H. The number of carbonyl (C=O) groups excluding carboxylic acids is 2. The third kappa shape index (κ3) is 4.92. The van der Waals surface area contributed by atoms with Gasteiger partial charge >= 0.3 is 0 Å². The zero-order valence-electron chi connectivity index (χ0n) is 14.2. The van der Waals surface area contributed by atoms with Crippen molar-refractivity contribution in [3.8, 4) is 0 Å². The van der Waals surface area contributed by atoms with Crippen molar-refractivity contribution in [2.45, 2.75) is 31.7 Å². The minimum atomic E-state index is -0.484. The molecule has 2 saturated heterocycles. The van der Waals surface area contributed by atoms with Gasteiger partial charge in [-0.3, -0.25) is 9.59 Å². The summed E-state index contributed by atoms with van der Waals surface area (Å²) in [5.74, 6) is -0.588. The molecule has 1 atom stereocenters. The van der Waals surface area contributed by atoms with Crippen molar-refractivity contribution in [3.05, 3.63) is 35.6 Å². The van der Waals surface area contributed by atoms with E-state index < -0.39 is 5.82 Å². The first-order valence-electron chi connectivity index (χ1n) is 8.70. The first kappa shape index (κ1) is 19.7. The van der Waals surface area contributed by atoms with Crippen molar-refractivity contribution >= 4 is 24.2 Å². The van der Waals surface area contributed by atoms with E-state index in [1.54, 1.807) is 17.0 Å². The van der Waals surface area contributed by atoms with Crippen LogP contribution >= 0.6 is 12.4 Å². The molecular formula is C18H25ClFN3O2. The Labute approximate surface area is 153 Å². The lowest BCUT2D eigenvalue weighted by Crippen LogP contribution is -2.49. The van der Waals surface area contributed by atoms with Gasteiger partial charge in [0.1, 0.15) is 5.82 Å². The number of nitrogens with one attached hydrogen (secondary N) is 2. The summed E-state index contributed by atoms with van der Waals surface area (Å²) >= 11 is 0. The lowest BCUT2D eigenvalue weighted by Gasteiger charge is -2.33. The smallest absolute Gasteiger partial charge is 0.256 e. The first-order chi connectivity index (χ1) is 11.6. The summed E-state index contributed by atoms with van der Waals surface area (Å²) in [4.78, 5) is 26.3. The summed E-state index contributed by atoms with van der Waals surface area (Å²) in [6.45, 7) is 2.82. The van der Waals surface area contributed by atoms with Gasteiger partial charge in [-0.05, 0) is 44.4 Å². The van der Waals surface area contributed by atoms with E-state index in [2.05, 4.69) is 10.6 Å². The Morgan fingerprint density at radius 1 is 1.16 bits per heavy atom. The van der Waals surface area contributed by atoms with Crippen LogP contribution in [0.5, 0.6) is 0 Å². The Morgan fingerprint density at radius 2 is 1.88 bits per heavy atom. The van der Waals surface area contributed by atoms with Gasteiger partial charge < -0.3 is 15.5 Å². The first-order valence-corrected chi connectivity index (χ1v) is 8.70. The topological polar surface area (TPSA) is 61.4 Å². The summed E-state index contributed by atoms with van der Waals surface area (Å²) < 4.78 is 13.7. The van der Waals surface area contributed by atoms with Gasteiger partial charge in [0.25, 0.3) is 5.91 Å². The maximum absolute atomic E-state index is 13.7. The molecule has 2 heterocycles. The van der Waals surface area contributed by atoms with Gasteiger partial charge in [0, 0.05) is 25.7 Å². The molecule has 2 amide bonds. The van der Waals surface area contributed by atoms with E-state index in [9.17, 15) is 14.0 Å². The molecule has 1 unspecified atom stereocenters. The largest absolute Gasteiger partial charge is 0.353 e. The van der Waals surface area contributed by atoms with Crippen LogP contribution in [0.2, 0.25) is 0 Å². The lowest BCUT2D eigenvalue weighted by atomic mass is 9.97. The van der Waals surface area contributed by atoms with Crippen LogP contribution in [0.3, 0.4) is 0 Å². The maximum atomic E-state index is 13.7. The summed E-state index contributed by atoms with van der Waals surface area (Å²) in [5.41, 5.74) is 0.119. The Bertz CT molecular complexity index is 600. The Morgan fingerprint density at radius 3 is 2.52 bits per heavy atom. The minimum Gasteiger partial charge on any atom is -0.353 e. The third-order valence-electron chi connectivity index (χ3n) is 4.90. The number of likely N-dealkylation sites (tertiary alicyclic amines) is 1. The number of hydrogen-bond donors (Lipinski definition) is 2. The van der Waals surface area contributed by atoms with E-state index in [0.29, 0.717) is 25.9 Å². The van der Waals surface area contributed by atoms with Gasteiger partial charge in [0.2, 0.25) is 5.91 Å². The van der Waals surface area contributed by atoms with E-state index >= 15 is 0 Å². The van der Waals surface area contributed by atoms with E-state index in [1.165, 1.54) is 12.1 Å². The fourth-order valence-corrected chi connectivity index (χ4v) is 3.43. The van der Waals surface area contributed by atoms with Crippen molar-refractivity contribution in [1.82, 2.24) is 15.5 Å². The number of amides is 2. The summed E-state index contributed by atoms with van der Waals surface area (Å²) in [5, 5.41) is 6.36. The number of carbonyl (C=O) groups is 2. The van der Waals surface area contributed by atoms with Gasteiger partial charge in [0.05, 0.1) is 11.5 Å². The molecule has 25 heavy (non-hydrogen) atoms. The minimum absolute atomic E-state index is 0. The Hall–Kier alpha value is -1.66. The summed E-state index contributed by atoms with van der Waals surface area (Å²) in [6.07, 6.45) is 3.40. The third-order valence-corrected chi connectivity index (χ3v) is 4.90. The van der Waals surface area contributed by atoms with Crippen molar-refractivity contribution in [2.75, 3.05) is 26.2 Å². The molecule has 0 saturated carbocycles.